The van der Waals surface area contributed by atoms with E-state index in [2.05, 4.69) is 9.47 Å². The molecule has 0 unspecified atom stereocenters. The summed E-state index contributed by atoms with van der Waals surface area (Å²) in [6.07, 6.45) is 0.201. The van der Waals surface area contributed by atoms with Crippen LogP contribution in [0.2, 0.25) is 0 Å². The lowest BCUT2D eigenvalue weighted by Gasteiger charge is -2.10. The molecule has 0 aliphatic rings. The van der Waals surface area contributed by atoms with Gasteiger partial charge in [-0.1, -0.05) is 12.1 Å². The summed E-state index contributed by atoms with van der Waals surface area (Å²) in [5.74, 6) is -0.514. The summed E-state index contributed by atoms with van der Waals surface area (Å²) in [5, 5.41) is 0. The SMILES string of the molecule is COC(=O)[C@@H](N)Cc1cccc(OC(F)F)c1. The smallest absolute Gasteiger partial charge is 0.387 e. The lowest BCUT2D eigenvalue weighted by atomic mass is 10.1. The Kier molecular flexibility index (Phi) is 4.84. The maximum absolute atomic E-state index is 12.0. The molecule has 1 rings (SSSR count). The minimum atomic E-state index is -2.88. The average Bonchev–Trinajstić information content (AvgIpc) is 2.27. The summed E-state index contributed by atoms with van der Waals surface area (Å²) in [6, 6.07) is 5.22. The first-order chi connectivity index (χ1) is 8.02. The molecule has 0 saturated carbocycles. The standard InChI is InChI=1S/C11H13F2NO3/c1-16-10(15)9(14)6-7-3-2-4-8(5-7)17-11(12)13/h2-5,9,11H,6,14H2,1H3/t9-/m0/s1. The molecule has 0 aliphatic heterocycles. The van der Waals surface area contributed by atoms with Gasteiger partial charge in [-0.15, -0.1) is 0 Å². The van der Waals surface area contributed by atoms with Crippen molar-refractivity contribution in [2.45, 2.75) is 19.1 Å². The lowest BCUT2D eigenvalue weighted by molar-refractivity contribution is -0.142. The first-order valence-electron chi connectivity index (χ1n) is 4.90. The van der Waals surface area contributed by atoms with Crippen LogP contribution in [0.15, 0.2) is 24.3 Å². The van der Waals surface area contributed by atoms with Crippen molar-refractivity contribution in [3.05, 3.63) is 29.8 Å². The summed E-state index contributed by atoms with van der Waals surface area (Å²) in [5.41, 5.74) is 6.17. The van der Waals surface area contributed by atoms with Crippen LogP contribution in [0, 0.1) is 0 Å². The van der Waals surface area contributed by atoms with Gasteiger partial charge in [-0.2, -0.15) is 8.78 Å². The Hall–Kier alpha value is -1.69. The second kappa shape index (κ2) is 6.15. The number of esters is 1. The Bertz CT molecular complexity index is 385. The Balaban J connectivity index is 2.68. The molecule has 17 heavy (non-hydrogen) atoms. The number of carbonyl (C=O) groups is 1. The van der Waals surface area contributed by atoms with Gasteiger partial charge in [0.25, 0.3) is 0 Å². The van der Waals surface area contributed by atoms with E-state index in [0.29, 0.717) is 5.56 Å². The molecule has 1 aromatic rings. The number of methoxy groups -OCH3 is 1. The zero-order chi connectivity index (χ0) is 12.8. The van der Waals surface area contributed by atoms with Crippen molar-refractivity contribution in [3.63, 3.8) is 0 Å². The molecule has 0 spiro atoms. The van der Waals surface area contributed by atoms with Gasteiger partial charge in [0.15, 0.2) is 0 Å². The van der Waals surface area contributed by atoms with Gasteiger partial charge in [0.1, 0.15) is 11.8 Å². The highest BCUT2D eigenvalue weighted by Gasteiger charge is 2.14. The fourth-order valence-corrected chi connectivity index (χ4v) is 1.34. The first-order valence-corrected chi connectivity index (χ1v) is 4.90. The highest BCUT2D eigenvalue weighted by atomic mass is 19.3. The molecular weight excluding hydrogens is 232 g/mol. The Labute approximate surface area is 97.3 Å². The van der Waals surface area contributed by atoms with E-state index in [1.165, 1.54) is 19.2 Å². The highest BCUT2D eigenvalue weighted by Crippen LogP contribution is 2.16. The fraction of sp³-hybridized carbons (Fsp3) is 0.364. The van der Waals surface area contributed by atoms with Gasteiger partial charge < -0.3 is 15.2 Å². The molecule has 0 radical (unpaired) electrons. The third-order valence-electron chi connectivity index (χ3n) is 2.08. The van der Waals surface area contributed by atoms with E-state index in [-0.39, 0.29) is 12.2 Å². The molecule has 0 aliphatic carbocycles. The number of ether oxygens (including phenoxy) is 2. The third-order valence-corrected chi connectivity index (χ3v) is 2.08. The molecule has 0 amide bonds. The fourth-order valence-electron chi connectivity index (χ4n) is 1.34. The van der Waals surface area contributed by atoms with Crippen LogP contribution in [0.25, 0.3) is 0 Å². The second-order valence-electron chi connectivity index (χ2n) is 3.36. The Morgan fingerprint density at radius 1 is 1.47 bits per heavy atom. The average molecular weight is 245 g/mol. The van der Waals surface area contributed by atoms with E-state index in [4.69, 9.17) is 5.73 Å². The molecule has 6 heteroatoms. The van der Waals surface area contributed by atoms with Crippen LogP contribution >= 0.6 is 0 Å². The van der Waals surface area contributed by atoms with Crippen molar-refractivity contribution < 1.29 is 23.0 Å². The zero-order valence-corrected chi connectivity index (χ0v) is 9.23. The predicted octanol–water partition coefficient (Wildman–Crippen LogP) is 1.33. The van der Waals surface area contributed by atoms with Crippen LogP contribution < -0.4 is 10.5 Å². The molecule has 0 bridgehead atoms. The van der Waals surface area contributed by atoms with E-state index >= 15 is 0 Å². The normalized spacial score (nSPS) is 12.3. The summed E-state index contributed by atoms with van der Waals surface area (Å²) in [4.78, 5) is 11.1. The van der Waals surface area contributed by atoms with Crippen molar-refractivity contribution in [1.82, 2.24) is 0 Å². The van der Waals surface area contributed by atoms with Gasteiger partial charge in [-0.25, -0.2) is 0 Å². The number of hydrogen-bond donors (Lipinski definition) is 1. The van der Waals surface area contributed by atoms with Crippen LogP contribution in [0.3, 0.4) is 0 Å². The van der Waals surface area contributed by atoms with Crippen molar-refractivity contribution >= 4 is 5.97 Å². The topological polar surface area (TPSA) is 61.5 Å². The molecule has 94 valence electrons. The summed E-state index contributed by atoms with van der Waals surface area (Å²) >= 11 is 0. The molecule has 0 heterocycles. The summed E-state index contributed by atoms with van der Waals surface area (Å²) in [7, 11) is 1.23. The lowest BCUT2D eigenvalue weighted by Crippen LogP contribution is -2.33. The molecule has 4 nitrogen and oxygen atoms in total. The molecule has 0 aromatic heterocycles. The molecular formula is C11H13F2NO3. The Morgan fingerprint density at radius 2 is 2.18 bits per heavy atom. The second-order valence-corrected chi connectivity index (χ2v) is 3.36. The predicted molar refractivity (Wildman–Crippen MR) is 56.8 cm³/mol. The van der Waals surface area contributed by atoms with E-state index in [1.807, 2.05) is 0 Å². The van der Waals surface area contributed by atoms with Crippen LogP contribution in [0.5, 0.6) is 5.75 Å². The largest absolute Gasteiger partial charge is 0.468 e. The first kappa shape index (κ1) is 13.4. The van der Waals surface area contributed by atoms with Crippen molar-refractivity contribution in [2.75, 3.05) is 7.11 Å². The van der Waals surface area contributed by atoms with Gasteiger partial charge in [-0.05, 0) is 24.1 Å². The highest BCUT2D eigenvalue weighted by molar-refractivity contribution is 5.75. The van der Waals surface area contributed by atoms with Crippen molar-refractivity contribution in [1.29, 1.82) is 0 Å². The number of halogens is 2. The van der Waals surface area contributed by atoms with Crippen LogP contribution in [0.1, 0.15) is 5.56 Å². The maximum Gasteiger partial charge on any atom is 0.387 e. The number of carbonyl (C=O) groups excluding carboxylic acids is 1. The van der Waals surface area contributed by atoms with Gasteiger partial charge in [-0.3, -0.25) is 4.79 Å². The maximum atomic E-state index is 12.0. The van der Waals surface area contributed by atoms with E-state index < -0.39 is 18.6 Å². The molecule has 1 atom stereocenters. The summed E-state index contributed by atoms with van der Waals surface area (Å²) < 4.78 is 32.6. The van der Waals surface area contributed by atoms with Gasteiger partial charge in [0.05, 0.1) is 7.11 Å². The zero-order valence-electron chi connectivity index (χ0n) is 9.23. The van der Waals surface area contributed by atoms with Gasteiger partial charge in [0.2, 0.25) is 0 Å². The summed E-state index contributed by atoms with van der Waals surface area (Å²) in [6.45, 7) is -2.88. The minimum Gasteiger partial charge on any atom is -0.468 e. The van der Waals surface area contributed by atoms with Crippen molar-refractivity contribution in [2.24, 2.45) is 5.73 Å². The van der Waals surface area contributed by atoms with E-state index in [1.54, 1.807) is 12.1 Å². The van der Waals surface area contributed by atoms with Crippen LogP contribution in [-0.2, 0) is 16.0 Å². The quantitative estimate of drug-likeness (QED) is 0.795. The minimum absolute atomic E-state index is 0.0366. The van der Waals surface area contributed by atoms with E-state index in [9.17, 15) is 13.6 Å². The number of nitrogens with two attached hydrogens (primary N) is 1. The molecule has 0 fully saturated rings. The van der Waals surface area contributed by atoms with Crippen molar-refractivity contribution in [3.8, 4) is 5.75 Å². The third kappa shape index (κ3) is 4.36. The molecule has 2 N–H and O–H groups in total. The number of alkyl halides is 2. The number of hydrogen-bond acceptors (Lipinski definition) is 4. The number of benzene rings is 1. The van der Waals surface area contributed by atoms with Crippen LogP contribution in [0.4, 0.5) is 8.78 Å². The van der Waals surface area contributed by atoms with Crippen LogP contribution in [-0.4, -0.2) is 25.7 Å². The number of rotatable bonds is 5. The van der Waals surface area contributed by atoms with E-state index in [0.717, 1.165) is 0 Å². The van der Waals surface area contributed by atoms with Gasteiger partial charge in [0, 0.05) is 0 Å². The molecule has 1 aromatic carbocycles. The Morgan fingerprint density at radius 3 is 2.76 bits per heavy atom. The molecule has 0 saturated heterocycles. The van der Waals surface area contributed by atoms with Gasteiger partial charge >= 0.3 is 12.6 Å². The monoisotopic (exact) mass is 245 g/mol.